The number of aryl methyl sites for hydroxylation is 1. The molecule has 2 spiro atoms. The molecule has 2 heterocycles. The summed E-state index contributed by atoms with van der Waals surface area (Å²) in [5.41, 5.74) is 2.05. The standard InChI is InChI=1S/C18H21NO2/c1-2-14-3-5-15(6-4-14)19-12-11-17(16(19)20)7-9-18(10-8-17)13-21-18/h3-7,9H,2,8,10-13H2,1H3. The van der Waals surface area contributed by atoms with Crippen LogP contribution in [0.2, 0.25) is 0 Å². The van der Waals surface area contributed by atoms with Crippen LogP contribution in [0.25, 0.3) is 0 Å². The third kappa shape index (κ3) is 2.03. The summed E-state index contributed by atoms with van der Waals surface area (Å²) in [6.07, 6.45) is 8.13. The van der Waals surface area contributed by atoms with E-state index >= 15 is 0 Å². The summed E-state index contributed by atoms with van der Waals surface area (Å²) in [6, 6.07) is 8.40. The Hall–Kier alpha value is -1.61. The molecule has 21 heavy (non-hydrogen) atoms. The van der Waals surface area contributed by atoms with E-state index in [0.29, 0.717) is 0 Å². The van der Waals surface area contributed by atoms with Crippen LogP contribution in [-0.4, -0.2) is 24.7 Å². The zero-order valence-corrected chi connectivity index (χ0v) is 12.5. The molecule has 3 heteroatoms. The number of carbonyl (C=O) groups is 1. The van der Waals surface area contributed by atoms with Crippen LogP contribution in [0.15, 0.2) is 36.4 Å². The highest BCUT2D eigenvalue weighted by molar-refractivity contribution is 6.01. The lowest BCUT2D eigenvalue weighted by Gasteiger charge is -2.29. The van der Waals surface area contributed by atoms with Gasteiger partial charge in [0, 0.05) is 12.2 Å². The lowest BCUT2D eigenvalue weighted by Crippen LogP contribution is -2.36. The maximum absolute atomic E-state index is 12.9. The summed E-state index contributed by atoms with van der Waals surface area (Å²) in [4.78, 5) is 14.9. The van der Waals surface area contributed by atoms with Crippen LogP contribution < -0.4 is 4.90 Å². The minimum atomic E-state index is -0.277. The van der Waals surface area contributed by atoms with Gasteiger partial charge in [-0.1, -0.05) is 31.2 Å². The monoisotopic (exact) mass is 283 g/mol. The van der Waals surface area contributed by atoms with Crippen LogP contribution in [0.4, 0.5) is 5.69 Å². The molecule has 0 saturated carbocycles. The van der Waals surface area contributed by atoms with Crippen molar-refractivity contribution in [3.8, 4) is 0 Å². The van der Waals surface area contributed by atoms with Gasteiger partial charge >= 0.3 is 0 Å². The van der Waals surface area contributed by atoms with Crippen molar-refractivity contribution in [1.82, 2.24) is 0 Å². The van der Waals surface area contributed by atoms with Crippen LogP contribution in [0.5, 0.6) is 0 Å². The summed E-state index contributed by atoms with van der Waals surface area (Å²) in [6.45, 7) is 3.80. The predicted octanol–water partition coefficient (Wildman–Crippen LogP) is 3.09. The van der Waals surface area contributed by atoms with Gasteiger partial charge in [-0.15, -0.1) is 0 Å². The number of nitrogens with zero attached hydrogens (tertiary/aromatic N) is 1. The number of benzene rings is 1. The number of rotatable bonds is 2. The summed E-state index contributed by atoms with van der Waals surface area (Å²) >= 11 is 0. The SMILES string of the molecule is CCc1ccc(N2CCC3(C=CC4(CC3)CO4)C2=O)cc1. The molecule has 2 atom stereocenters. The van der Waals surface area contributed by atoms with Crippen molar-refractivity contribution in [2.24, 2.45) is 5.41 Å². The first kappa shape index (κ1) is 13.1. The molecule has 0 aromatic heterocycles. The average molecular weight is 283 g/mol. The molecule has 0 N–H and O–H groups in total. The first-order valence-corrected chi connectivity index (χ1v) is 7.92. The predicted molar refractivity (Wildman–Crippen MR) is 82.3 cm³/mol. The van der Waals surface area contributed by atoms with Crippen molar-refractivity contribution in [3.05, 3.63) is 42.0 Å². The molecular weight excluding hydrogens is 262 g/mol. The number of anilines is 1. The molecule has 2 unspecified atom stereocenters. The van der Waals surface area contributed by atoms with Gasteiger partial charge in [-0.3, -0.25) is 4.79 Å². The van der Waals surface area contributed by atoms with E-state index < -0.39 is 0 Å². The molecule has 0 bridgehead atoms. The van der Waals surface area contributed by atoms with Gasteiger partial charge in [-0.2, -0.15) is 0 Å². The van der Waals surface area contributed by atoms with E-state index in [1.807, 2.05) is 4.90 Å². The normalized spacial score (nSPS) is 34.1. The molecule has 4 rings (SSSR count). The lowest BCUT2D eigenvalue weighted by atomic mass is 9.74. The second kappa shape index (κ2) is 4.44. The Morgan fingerprint density at radius 2 is 1.90 bits per heavy atom. The fourth-order valence-corrected chi connectivity index (χ4v) is 3.58. The van der Waals surface area contributed by atoms with E-state index in [1.54, 1.807) is 0 Å². The minimum absolute atomic E-state index is 0.0122. The number of amides is 1. The first-order valence-electron chi connectivity index (χ1n) is 7.92. The zero-order valence-electron chi connectivity index (χ0n) is 12.5. The van der Waals surface area contributed by atoms with E-state index in [2.05, 4.69) is 43.3 Å². The first-order chi connectivity index (χ1) is 10.2. The second-order valence-electron chi connectivity index (χ2n) is 6.57. The van der Waals surface area contributed by atoms with E-state index in [4.69, 9.17) is 4.74 Å². The van der Waals surface area contributed by atoms with Crippen LogP contribution in [-0.2, 0) is 16.0 Å². The highest BCUT2D eigenvalue weighted by atomic mass is 16.6. The molecular formula is C18H21NO2. The highest BCUT2D eigenvalue weighted by Crippen LogP contribution is 2.48. The molecule has 110 valence electrons. The Balaban J connectivity index is 1.58. The van der Waals surface area contributed by atoms with Gasteiger partial charge in [0.15, 0.2) is 0 Å². The zero-order chi connectivity index (χ0) is 14.5. The maximum Gasteiger partial charge on any atom is 0.237 e. The highest BCUT2D eigenvalue weighted by Gasteiger charge is 2.53. The van der Waals surface area contributed by atoms with Gasteiger partial charge in [0.1, 0.15) is 5.60 Å². The second-order valence-corrected chi connectivity index (χ2v) is 6.57. The minimum Gasteiger partial charge on any atom is -0.365 e. The Morgan fingerprint density at radius 3 is 2.48 bits per heavy atom. The Kier molecular flexibility index (Phi) is 2.77. The van der Waals surface area contributed by atoms with E-state index in [-0.39, 0.29) is 16.9 Å². The molecule has 2 aliphatic heterocycles. The third-order valence-corrected chi connectivity index (χ3v) is 5.32. The number of epoxide rings is 1. The van der Waals surface area contributed by atoms with E-state index in [0.717, 1.165) is 44.5 Å². The number of hydrogen-bond donors (Lipinski definition) is 0. The molecule has 1 aliphatic carbocycles. The van der Waals surface area contributed by atoms with Crippen molar-refractivity contribution in [1.29, 1.82) is 0 Å². The third-order valence-electron chi connectivity index (χ3n) is 5.32. The smallest absolute Gasteiger partial charge is 0.237 e. The van der Waals surface area contributed by atoms with Gasteiger partial charge < -0.3 is 9.64 Å². The topological polar surface area (TPSA) is 32.8 Å². The van der Waals surface area contributed by atoms with Crippen molar-refractivity contribution >= 4 is 11.6 Å². The summed E-state index contributed by atoms with van der Waals surface area (Å²) in [5.74, 6) is 0.262. The molecule has 2 saturated heterocycles. The Bertz CT molecular complexity index is 600. The number of ether oxygens (including phenoxy) is 1. The fourth-order valence-electron chi connectivity index (χ4n) is 3.58. The quantitative estimate of drug-likeness (QED) is 0.617. The summed E-state index contributed by atoms with van der Waals surface area (Å²) in [5, 5.41) is 0. The van der Waals surface area contributed by atoms with Crippen LogP contribution in [0, 0.1) is 5.41 Å². The molecule has 3 nitrogen and oxygen atoms in total. The van der Waals surface area contributed by atoms with Gasteiger partial charge in [-0.05, 0) is 43.4 Å². The lowest BCUT2D eigenvalue weighted by molar-refractivity contribution is -0.124. The van der Waals surface area contributed by atoms with Crippen molar-refractivity contribution < 1.29 is 9.53 Å². The van der Waals surface area contributed by atoms with Crippen molar-refractivity contribution in [3.63, 3.8) is 0 Å². The Labute approximate surface area is 125 Å². The largest absolute Gasteiger partial charge is 0.365 e. The fraction of sp³-hybridized carbons (Fsp3) is 0.500. The van der Waals surface area contributed by atoms with E-state index in [1.165, 1.54) is 5.56 Å². The van der Waals surface area contributed by atoms with Gasteiger partial charge in [0.25, 0.3) is 0 Å². The van der Waals surface area contributed by atoms with Gasteiger partial charge in [0.2, 0.25) is 5.91 Å². The summed E-state index contributed by atoms with van der Waals surface area (Å²) in [7, 11) is 0. The molecule has 2 fully saturated rings. The molecule has 0 radical (unpaired) electrons. The van der Waals surface area contributed by atoms with Crippen molar-refractivity contribution in [2.75, 3.05) is 18.1 Å². The number of hydrogen-bond acceptors (Lipinski definition) is 2. The number of carbonyl (C=O) groups excluding carboxylic acids is 1. The molecule has 1 amide bonds. The van der Waals surface area contributed by atoms with Crippen LogP contribution in [0.3, 0.4) is 0 Å². The van der Waals surface area contributed by atoms with Gasteiger partial charge in [0.05, 0.1) is 12.0 Å². The molecule has 1 aromatic rings. The maximum atomic E-state index is 12.9. The Morgan fingerprint density at radius 1 is 1.14 bits per heavy atom. The van der Waals surface area contributed by atoms with E-state index in [9.17, 15) is 4.79 Å². The van der Waals surface area contributed by atoms with Crippen LogP contribution in [0.1, 0.15) is 31.7 Å². The van der Waals surface area contributed by atoms with Crippen molar-refractivity contribution in [2.45, 2.75) is 38.2 Å². The summed E-state index contributed by atoms with van der Waals surface area (Å²) < 4.78 is 5.50. The molecule has 1 aromatic carbocycles. The van der Waals surface area contributed by atoms with Crippen LogP contribution >= 0.6 is 0 Å². The van der Waals surface area contributed by atoms with Gasteiger partial charge in [-0.25, -0.2) is 0 Å². The molecule has 3 aliphatic rings. The average Bonchev–Trinajstić information content (AvgIpc) is 3.22.